The van der Waals surface area contributed by atoms with E-state index in [0.29, 0.717) is 6.42 Å². The first kappa shape index (κ1) is 12.6. The minimum atomic E-state index is 0.176. The van der Waals surface area contributed by atoms with E-state index >= 15 is 0 Å². The Kier molecular flexibility index (Phi) is 3.33. The van der Waals surface area contributed by atoms with Gasteiger partial charge in [-0.1, -0.05) is 18.2 Å². The minimum absolute atomic E-state index is 0.176. The Morgan fingerprint density at radius 1 is 1.20 bits per heavy atom. The van der Waals surface area contributed by atoms with Gasteiger partial charge in [-0.3, -0.25) is 9.78 Å². The van der Waals surface area contributed by atoms with Crippen LogP contribution in [0.1, 0.15) is 23.1 Å². The molecule has 3 heteroatoms. The van der Waals surface area contributed by atoms with Crippen molar-refractivity contribution in [3.05, 3.63) is 59.4 Å². The summed E-state index contributed by atoms with van der Waals surface area (Å²) in [7, 11) is 1.66. The van der Waals surface area contributed by atoms with Gasteiger partial charge in [-0.05, 0) is 35.8 Å². The predicted molar refractivity (Wildman–Crippen MR) is 78.4 cm³/mol. The summed E-state index contributed by atoms with van der Waals surface area (Å²) < 4.78 is 5.40. The lowest BCUT2D eigenvalue weighted by molar-refractivity contribution is -0.113. The molecule has 1 heterocycles. The van der Waals surface area contributed by atoms with Crippen molar-refractivity contribution in [3.8, 4) is 5.75 Å². The van der Waals surface area contributed by atoms with Crippen LogP contribution in [0.2, 0.25) is 0 Å². The molecule has 0 radical (unpaired) electrons. The molecule has 1 aromatic heterocycles. The maximum atomic E-state index is 12.2. The van der Waals surface area contributed by atoms with Crippen molar-refractivity contribution in [1.29, 1.82) is 0 Å². The van der Waals surface area contributed by atoms with Gasteiger partial charge in [0, 0.05) is 30.0 Å². The number of rotatable bonds is 2. The molecule has 0 aliphatic heterocycles. The second-order valence-electron chi connectivity index (χ2n) is 4.75. The van der Waals surface area contributed by atoms with Gasteiger partial charge in [-0.2, -0.15) is 0 Å². The Bertz CT molecular complexity index is 675. The summed E-state index contributed by atoms with van der Waals surface area (Å²) in [5.41, 5.74) is 3.78. The normalized spacial score (nSPS) is 16.1. The summed E-state index contributed by atoms with van der Waals surface area (Å²) in [4.78, 5) is 16.3. The number of hydrogen-bond donors (Lipinski definition) is 0. The van der Waals surface area contributed by atoms with Gasteiger partial charge in [0.15, 0.2) is 5.78 Å². The first-order valence-electron chi connectivity index (χ1n) is 6.61. The zero-order chi connectivity index (χ0) is 13.9. The topological polar surface area (TPSA) is 39.2 Å². The lowest BCUT2D eigenvalue weighted by Crippen LogP contribution is -2.13. The van der Waals surface area contributed by atoms with E-state index in [1.54, 1.807) is 19.5 Å². The number of benzene rings is 1. The Hall–Kier alpha value is -2.42. The van der Waals surface area contributed by atoms with Crippen LogP contribution in [0, 0.1) is 0 Å². The molecule has 0 unspecified atom stereocenters. The Labute approximate surface area is 117 Å². The molecular weight excluding hydrogens is 250 g/mol. The molecule has 1 aromatic carbocycles. The highest BCUT2D eigenvalue weighted by atomic mass is 16.5. The molecule has 2 aromatic rings. The van der Waals surface area contributed by atoms with Crippen LogP contribution in [0.3, 0.4) is 0 Å². The molecular formula is C17H15NO2. The first-order valence-corrected chi connectivity index (χ1v) is 6.61. The van der Waals surface area contributed by atoms with E-state index in [1.807, 2.05) is 36.4 Å². The molecule has 3 nitrogen and oxygen atoms in total. The molecule has 0 saturated heterocycles. The first-order chi connectivity index (χ1) is 9.79. The molecule has 3 rings (SSSR count). The number of hydrogen-bond acceptors (Lipinski definition) is 3. The smallest absolute Gasteiger partial charge is 0.163 e. The van der Waals surface area contributed by atoms with Gasteiger partial charge in [0.2, 0.25) is 0 Å². The predicted octanol–water partition coefficient (Wildman–Crippen LogP) is 3.15. The number of aromatic nitrogens is 1. The van der Waals surface area contributed by atoms with E-state index in [9.17, 15) is 4.79 Å². The van der Waals surface area contributed by atoms with E-state index in [1.165, 1.54) is 0 Å². The van der Waals surface area contributed by atoms with Gasteiger partial charge in [0.25, 0.3) is 0 Å². The van der Waals surface area contributed by atoms with Crippen LogP contribution in [0.5, 0.6) is 5.75 Å². The van der Waals surface area contributed by atoms with Crippen molar-refractivity contribution in [3.63, 3.8) is 0 Å². The zero-order valence-corrected chi connectivity index (χ0v) is 11.3. The lowest BCUT2D eigenvalue weighted by atomic mass is 9.85. The van der Waals surface area contributed by atoms with Gasteiger partial charge in [-0.25, -0.2) is 0 Å². The third-order valence-corrected chi connectivity index (χ3v) is 3.54. The number of carbonyl (C=O) groups excluding carboxylic acids is 1. The van der Waals surface area contributed by atoms with Crippen LogP contribution < -0.4 is 4.74 Å². The van der Waals surface area contributed by atoms with Crippen molar-refractivity contribution in [2.45, 2.75) is 12.8 Å². The maximum Gasteiger partial charge on any atom is 0.163 e. The van der Waals surface area contributed by atoms with Gasteiger partial charge in [-0.15, -0.1) is 0 Å². The second kappa shape index (κ2) is 5.29. The van der Waals surface area contributed by atoms with Crippen LogP contribution in [-0.4, -0.2) is 17.9 Å². The van der Waals surface area contributed by atoms with Crippen molar-refractivity contribution in [2.75, 3.05) is 7.11 Å². The van der Waals surface area contributed by atoms with Gasteiger partial charge >= 0.3 is 0 Å². The number of ether oxygens (including phenoxy) is 1. The Balaban J connectivity index is 2.13. The number of pyridine rings is 1. The van der Waals surface area contributed by atoms with Crippen molar-refractivity contribution in [1.82, 2.24) is 4.98 Å². The minimum Gasteiger partial charge on any atom is -0.496 e. The quantitative estimate of drug-likeness (QED) is 0.783. The van der Waals surface area contributed by atoms with Gasteiger partial charge in [0.1, 0.15) is 5.75 Å². The summed E-state index contributed by atoms with van der Waals surface area (Å²) in [5.74, 6) is 1.03. The average Bonchev–Trinajstić information content (AvgIpc) is 2.50. The fourth-order valence-electron chi connectivity index (χ4n) is 2.58. The molecule has 0 spiro atoms. The summed E-state index contributed by atoms with van der Waals surface area (Å²) in [5, 5.41) is 0. The highest BCUT2D eigenvalue weighted by Crippen LogP contribution is 2.35. The molecule has 0 bridgehead atoms. The summed E-state index contributed by atoms with van der Waals surface area (Å²) in [6.45, 7) is 0. The average molecular weight is 265 g/mol. The van der Waals surface area contributed by atoms with Gasteiger partial charge < -0.3 is 4.74 Å². The third kappa shape index (κ3) is 2.23. The largest absolute Gasteiger partial charge is 0.496 e. The molecule has 0 saturated carbocycles. The SMILES string of the molecule is COc1cccc2c1CCC(=O)C2=Cc1cccnc1. The van der Waals surface area contributed by atoms with Crippen LogP contribution in [0.15, 0.2) is 42.7 Å². The van der Waals surface area contributed by atoms with E-state index in [0.717, 1.165) is 34.4 Å². The highest BCUT2D eigenvalue weighted by molar-refractivity contribution is 6.26. The Morgan fingerprint density at radius 3 is 2.85 bits per heavy atom. The van der Waals surface area contributed by atoms with Crippen molar-refractivity contribution < 1.29 is 9.53 Å². The molecule has 0 amide bonds. The van der Waals surface area contributed by atoms with Gasteiger partial charge in [0.05, 0.1) is 7.11 Å². The third-order valence-electron chi connectivity index (χ3n) is 3.54. The Morgan fingerprint density at radius 2 is 2.10 bits per heavy atom. The molecule has 0 N–H and O–H groups in total. The van der Waals surface area contributed by atoms with E-state index in [2.05, 4.69) is 4.98 Å². The highest BCUT2D eigenvalue weighted by Gasteiger charge is 2.23. The fraction of sp³-hybridized carbons (Fsp3) is 0.176. The maximum absolute atomic E-state index is 12.2. The monoisotopic (exact) mass is 265 g/mol. The summed E-state index contributed by atoms with van der Waals surface area (Å²) in [6.07, 6.45) is 6.66. The molecule has 100 valence electrons. The summed E-state index contributed by atoms with van der Waals surface area (Å²) in [6, 6.07) is 9.66. The molecule has 0 fully saturated rings. The number of fused-ring (bicyclic) bond motifs is 1. The molecule has 1 aliphatic carbocycles. The number of ketones is 1. The number of allylic oxidation sites excluding steroid dienone is 1. The van der Waals surface area contributed by atoms with Crippen LogP contribution in [0.25, 0.3) is 11.6 Å². The number of carbonyl (C=O) groups is 1. The zero-order valence-electron chi connectivity index (χ0n) is 11.3. The summed E-state index contributed by atoms with van der Waals surface area (Å²) >= 11 is 0. The number of nitrogens with zero attached hydrogens (tertiary/aromatic N) is 1. The van der Waals surface area contributed by atoms with Crippen molar-refractivity contribution in [2.24, 2.45) is 0 Å². The van der Waals surface area contributed by atoms with Crippen LogP contribution in [0.4, 0.5) is 0 Å². The standard InChI is InChI=1S/C17H15NO2/c1-20-17-6-2-5-13-14(17)7-8-16(19)15(13)10-12-4-3-9-18-11-12/h2-6,9-11H,7-8H2,1H3. The van der Waals surface area contributed by atoms with Crippen molar-refractivity contribution >= 4 is 17.4 Å². The molecule has 20 heavy (non-hydrogen) atoms. The van der Waals surface area contributed by atoms with Crippen LogP contribution in [-0.2, 0) is 11.2 Å². The number of Topliss-reactive ketones (excluding diaryl/α,β-unsaturated/α-hetero) is 1. The van der Waals surface area contributed by atoms with E-state index in [4.69, 9.17) is 4.74 Å². The van der Waals surface area contributed by atoms with E-state index < -0.39 is 0 Å². The number of methoxy groups -OCH3 is 1. The lowest BCUT2D eigenvalue weighted by Gasteiger charge is -2.20. The molecule has 0 atom stereocenters. The molecule has 1 aliphatic rings. The van der Waals surface area contributed by atoms with E-state index in [-0.39, 0.29) is 5.78 Å². The van der Waals surface area contributed by atoms with Crippen LogP contribution >= 0.6 is 0 Å². The second-order valence-corrected chi connectivity index (χ2v) is 4.75. The fourth-order valence-corrected chi connectivity index (χ4v) is 2.58.